The van der Waals surface area contributed by atoms with E-state index in [9.17, 15) is 18.8 Å². The molecule has 1 saturated heterocycles. The van der Waals surface area contributed by atoms with Crippen molar-refractivity contribution in [2.75, 3.05) is 17.2 Å². The second-order valence-electron chi connectivity index (χ2n) is 8.93. The summed E-state index contributed by atoms with van der Waals surface area (Å²) in [6.07, 6.45) is 2.58. The maximum Gasteiger partial charge on any atom is 0.323 e. The van der Waals surface area contributed by atoms with Crippen LogP contribution in [-0.2, 0) is 4.79 Å². The molecule has 10 heteroatoms. The van der Waals surface area contributed by atoms with E-state index in [1.54, 1.807) is 48.5 Å². The lowest BCUT2D eigenvalue weighted by Crippen LogP contribution is -2.45. The number of aromatic nitrogens is 1. The number of amides is 4. The number of rotatable bonds is 4. The minimum Gasteiger partial charge on any atom is -0.351 e. The van der Waals surface area contributed by atoms with E-state index in [0.29, 0.717) is 52.8 Å². The normalized spacial score (nSPS) is 14.7. The van der Waals surface area contributed by atoms with Gasteiger partial charge in [0.05, 0.1) is 22.8 Å². The minimum absolute atomic E-state index is 0.217. The second-order valence-corrected chi connectivity index (χ2v) is 8.93. The molecule has 5 rings (SSSR count). The fourth-order valence-electron chi connectivity index (χ4n) is 4.74. The van der Waals surface area contributed by atoms with Gasteiger partial charge in [-0.25, -0.2) is 14.0 Å². The van der Waals surface area contributed by atoms with E-state index in [2.05, 4.69) is 10.6 Å². The third-order valence-corrected chi connectivity index (χ3v) is 6.55. The summed E-state index contributed by atoms with van der Waals surface area (Å²) in [5.74, 6) is -0.904. The average Bonchev–Trinajstić information content (AvgIpc) is 3.55. The number of fused-ring (bicyclic) bond motifs is 1. The van der Waals surface area contributed by atoms with Crippen molar-refractivity contribution in [3.05, 3.63) is 84.3 Å². The van der Waals surface area contributed by atoms with Crippen LogP contribution in [0.25, 0.3) is 22.0 Å². The molecule has 4 aromatic rings. The van der Waals surface area contributed by atoms with Gasteiger partial charge in [-0.1, -0.05) is 36.4 Å². The summed E-state index contributed by atoms with van der Waals surface area (Å²) in [4.78, 5) is 39.6. The number of likely N-dealkylation sites (tertiary alicyclic amines) is 1. The van der Waals surface area contributed by atoms with Gasteiger partial charge >= 0.3 is 12.1 Å². The molecular weight excluding hydrogens is 487 g/mol. The van der Waals surface area contributed by atoms with Crippen molar-refractivity contribution in [2.24, 2.45) is 5.73 Å². The molecule has 3 aromatic carbocycles. The van der Waals surface area contributed by atoms with Crippen LogP contribution in [0.15, 0.2) is 72.9 Å². The van der Waals surface area contributed by atoms with Crippen LogP contribution in [0, 0.1) is 17.1 Å². The number of anilines is 2. The maximum absolute atomic E-state index is 14.5. The van der Waals surface area contributed by atoms with Crippen molar-refractivity contribution in [2.45, 2.75) is 18.9 Å². The number of para-hydroxylation sites is 1. The van der Waals surface area contributed by atoms with Crippen molar-refractivity contribution in [1.82, 2.24) is 9.47 Å². The highest BCUT2D eigenvalue weighted by molar-refractivity contribution is 6.06. The molecule has 9 nitrogen and oxygen atoms in total. The van der Waals surface area contributed by atoms with Crippen molar-refractivity contribution in [3.8, 4) is 17.2 Å². The zero-order valence-electron chi connectivity index (χ0n) is 20.1. The van der Waals surface area contributed by atoms with Gasteiger partial charge in [0.25, 0.3) is 0 Å². The first-order valence-electron chi connectivity index (χ1n) is 11.9. The third-order valence-electron chi connectivity index (χ3n) is 6.55. The van der Waals surface area contributed by atoms with Gasteiger partial charge < -0.3 is 21.3 Å². The molecule has 1 aliphatic rings. The first kappa shape index (κ1) is 24.5. The monoisotopic (exact) mass is 510 g/mol. The lowest BCUT2D eigenvalue weighted by Gasteiger charge is -2.24. The number of hydrogen-bond acceptors (Lipinski definition) is 4. The standard InChI is InChI=1S/C28H23FN6O3/c29-22-13-17(15-30)10-11-20(22)18-5-3-6-19(14-18)32-26(36)25-9-4-12-34(25)28(38)33-23-16-35(27(31)37)24-8-2-1-7-21(23)24/h1-3,5-8,10-11,13-14,16,25H,4,9,12H2,(H2,31,37)(H,32,36)(H,33,38)/t25-/m0/s1. The van der Waals surface area contributed by atoms with Crippen LogP contribution < -0.4 is 16.4 Å². The predicted octanol–water partition coefficient (Wildman–Crippen LogP) is 4.88. The molecule has 0 spiro atoms. The molecule has 1 aromatic heterocycles. The molecule has 0 aliphatic carbocycles. The van der Waals surface area contributed by atoms with Crippen LogP contribution in [-0.4, -0.2) is 40.0 Å². The molecule has 1 atom stereocenters. The third kappa shape index (κ3) is 4.65. The summed E-state index contributed by atoms with van der Waals surface area (Å²) in [7, 11) is 0. The first-order valence-corrected chi connectivity index (χ1v) is 11.9. The van der Waals surface area contributed by atoms with Gasteiger partial charge in [0, 0.05) is 29.4 Å². The number of nitrogens with one attached hydrogen (secondary N) is 2. The Hall–Kier alpha value is -5.17. The number of primary amides is 1. The van der Waals surface area contributed by atoms with E-state index in [1.807, 2.05) is 6.07 Å². The molecule has 0 bridgehead atoms. The Bertz CT molecular complexity index is 1620. The largest absolute Gasteiger partial charge is 0.351 e. The van der Waals surface area contributed by atoms with E-state index in [1.165, 1.54) is 27.8 Å². The Morgan fingerprint density at radius 2 is 1.84 bits per heavy atom. The molecule has 1 fully saturated rings. The van der Waals surface area contributed by atoms with Crippen LogP contribution in [0.1, 0.15) is 18.4 Å². The SMILES string of the molecule is N#Cc1ccc(-c2cccc(NC(=O)[C@@H]3CCCN3C(=O)Nc3cn(C(N)=O)c4ccccc34)c2)c(F)c1. The van der Waals surface area contributed by atoms with Gasteiger partial charge in [-0.15, -0.1) is 0 Å². The molecule has 0 radical (unpaired) electrons. The summed E-state index contributed by atoms with van der Waals surface area (Å²) in [5.41, 5.74) is 7.94. The van der Waals surface area contributed by atoms with Gasteiger partial charge in [-0.2, -0.15) is 5.26 Å². The molecule has 4 amide bonds. The van der Waals surface area contributed by atoms with E-state index in [-0.39, 0.29) is 11.5 Å². The van der Waals surface area contributed by atoms with Gasteiger partial charge in [-0.3, -0.25) is 9.36 Å². The highest BCUT2D eigenvalue weighted by atomic mass is 19.1. The van der Waals surface area contributed by atoms with E-state index in [4.69, 9.17) is 11.0 Å². The topological polar surface area (TPSA) is 133 Å². The first-order chi connectivity index (χ1) is 18.4. The number of carbonyl (C=O) groups is 3. The Morgan fingerprint density at radius 3 is 2.61 bits per heavy atom. The zero-order valence-corrected chi connectivity index (χ0v) is 20.1. The quantitative estimate of drug-likeness (QED) is 0.361. The maximum atomic E-state index is 14.5. The Labute approximate surface area is 217 Å². The molecule has 0 saturated carbocycles. The fraction of sp³-hybridized carbons (Fsp3) is 0.143. The van der Waals surface area contributed by atoms with Crippen LogP contribution >= 0.6 is 0 Å². The van der Waals surface area contributed by atoms with Crippen molar-refractivity contribution in [1.29, 1.82) is 5.26 Å². The van der Waals surface area contributed by atoms with Crippen LogP contribution in [0.4, 0.5) is 25.4 Å². The lowest BCUT2D eigenvalue weighted by atomic mass is 10.0. The van der Waals surface area contributed by atoms with E-state index >= 15 is 0 Å². The van der Waals surface area contributed by atoms with E-state index in [0.717, 1.165) is 6.07 Å². The van der Waals surface area contributed by atoms with Gasteiger partial charge in [0.1, 0.15) is 11.9 Å². The lowest BCUT2D eigenvalue weighted by molar-refractivity contribution is -0.119. The number of urea groups is 1. The van der Waals surface area contributed by atoms with Crippen molar-refractivity contribution in [3.63, 3.8) is 0 Å². The molecule has 38 heavy (non-hydrogen) atoms. The number of hydrogen-bond donors (Lipinski definition) is 3. The summed E-state index contributed by atoms with van der Waals surface area (Å²) in [6, 6.07) is 18.0. The van der Waals surface area contributed by atoms with E-state index < -0.39 is 23.9 Å². The zero-order chi connectivity index (χ0) is 26.8. The predicted molar refractivity (Wildman–Crippen MR) is 141 cm³/mol. The van der Waals surface area contributed by atoms with Crippen molar-refractivity contribution < 1.29 is 18.8 Å². The molecule has 4 N–H and O–H groups in total. The van der Waals surface area contributed by atoms with Gasteiger partial charge in [0.2, 0.25) is 5.91 Å². The van der Waals surface area contributed by atoms with Gasteiger partial charge in [0.15, 0.2) is 0 Å². The van der Waals surface area contributed by atoms with Crippen LogP contribution in [0.5, 0.6) is 0 Å². The summed E-state index contributed by atoms with van der Waals surface area (Å²) in [6.45, 7) is 0.384. The summed E-state index contributed by atoms with van der Waals surface area (Å²) >= 11 is 0. The Balaban J connectivity index is 1.32. The summed E-state index contributed by atoms with van der Waals surface area (Å²) < 4.78 is 15.8. The minimum atomic E-state index is -0.713. The molecule has 0 unspecified atom stereocenters. The smallest absolute Gasteiger partial charge is 0.323 e. The molecule has 2 heterocycles. The van der Waals surface area contributed by atoms with Crippen LogP contribution in [0.3, 0.4) is 0 Å². The number of nitriles is 1. The summed E-state index contributed by atoms with van der Waals surface area (Å²) in [5, 5.41) is 15.3. The van der Waals surface area contributed by atoms with Crippen molar-refractivity contribution >= 4 is 40.2 Å². The number of benzene rings is 3. The number of carbonyl (C=O) groups excluding carboxylic acids is 3. The second kappa shape index (κ2) is 10.1. The fourth-order valence-corrected chi connectivity index (χ4v) is 4.74. The number of nitrogens with zero attached hydrogens (tertiary/aromatic N) is 3. The van der Waals surface area contributed by atoms with Crippen LogP contribution in [0.2, 0.25) is 0 Å². The Kier molecular flexibility index (Phi) is 6.49. The average molecular weight is 511 g/mol. The highest BCUT2D eigenvalue weighted by Gasteiger charge is 2.34. The van der Waals surface area contributed by atoms with Gasteiger partial charge in [-0.05, 0) is 48.7 Å². The number of nitrogens with two attached hydrogens (primary N) is 1. The number of halogens is 1. The Morgan fingerprint density at radius 1 is 1.03 bits per heavy atom. The molecule has 1 aliphatic heterocycles. The molecular formula is C28H23FN6O3. The molecule has 190 valence electrons. The highest BCUT2D eigenvalue weighted by Crippen LogP contribution is 2.29.